The van der Waals surface area contributed by atoms with Gasteiger partial charge in [-0.1, -0.05) is 20.3 Å². The molecule has 0 amide bonds. The third-order valence-corrected chi connectivity index (χ3v) is 3.28. The van der Waals surface area contributed by atoms with Crippen LogP contribution in [-0.4, -0.2) is 33.0 Å². The Morgan fingerprint density at radius 2 is 2.21 bits per heavy atom. The Hall–Kier alpha value is -1.63. The fraction of sp³-hybridized carbons (Fsp3) is 0.750. The molecule has 0 aliphatic carbocycles. The number of aryl methyl sites for hydroxylation is 2. The first-order valence-corrected chi connectivity index (χ1v) is 6.60. The lowest BCUT2D eigenvalue weighted by Gasteiger charge is -2.14. The zero-order valence-electron chi connectivity index (χ0n) is 11.7. The van der Waals surface area contributed by atoms with Gasteiger partial charge in [0.05, 0.1) is 4.92 Å². The van der Waals surface area contributed by atoms with E-state index < -0.39 is 0 Å². The zero-order valence-corrected chi connectivity index (χ0v) is 11.7. The van der Waals surface area contributed by atoms with Gasteiger partial charge in [0, 0.05) is 20.2 Å². The minimum absolute atomic E-state index is 0.0591. The maximum absolute atomic E-state index is 11.1. The van der Waals surface area contributed by atoms with Crippen molar-refractivity contribution in [2.24, 2.45) is 13.0 Å². The molecule has 0 radical (unpaired) electrons. The number of hydrogen-bond donors (Lipinski definition) is 2. The molecule has 0 saturated heterocycles. The SMILES string of the molecule is CCc1nn(C)c(NCC(CC)CCO)c1[N+](=O)[O-]. The molecule has 7 heteroatoms. The predicted octanol–water partition coefficient (Wildman–Crippen LogP) is 1.71. The number of nitrogens with zero attached hydrogens (tertiary/aromatic N) is 3. The third-order valence-electron chi connectivity index (χ3n) is 3.28. The lowest BCUT2D eigenvalue weighted by atomic mass is 10.0. The summed E-state index contributed by atoms with van der Waals surface area (Å²) in [6, 6.07) is 0. The summed E-state index contributed by atoms with van der Waals surface area (Å²) in [6.07, 6.45) is 2.13. The Kier molecular flexibility index (Phi) is 5.75. The van der Waals surface area contributed by atoms with Gasteiger partial charge in [0.1, 0.15) is 5.69 Å². The van der Waals surface area contributed by atoms with E-state index in [9.17, 15) is 10.1 Å². The Morgan fingerprint density at radius 3 is 2.68 bits per heavy atom. The lowest BCUT2D eigenvalue weighted by molar-refractivity contribution is -0.384. The summed E-state index contributed by atoms with van der Waals surface area (Å²) in [5.41, 5.74) is 0.550. The number of aliphatic hydroxyl groups is 1. The highest BCUT2D eigenvalue weighted by Gasteiger charge is 2.25. The molecule has 1 heterocycles. The van der Waals surface area contributed by atoms with E-state index in [1.165, 1.54) is 4.68 Å². The van der Waals surface area contributed by atoms with Gasteiger partial charge in [-0.15, -0.1) is 0 Å². The number of rotatable bonds is 8. The molecule has 0 bridgehead atoms. The van der Waals surface area contributed by atoms with Crippen LogP contribution in [0.2, 0.25) is 0 Å². The van der Waals surface area contributed by atoms with Crippen LogP contribution in [0.3, 0.4) is 0 Å². The van der Waals surface area contributed by atoms with E-state index in [2.05, 4.69) is 10.4 Å². The molecule has 1 aromatic heterocycles. The standard InChI is InChI=1S/C12H22N4O3/c1-4-9(6-7-17)8-13-12-11(16(18)19)10(5-2)14-15(12)3/h9,13,17H,4-8H2,1-3H3. The Labute approximate surface area is 112 Å². The molecule has 0 spiro atoms. The summed E-state index contributed by atoms with van der Waals surface area (Å²) in [6.45, 7) is 4.62. The molecule has 1 aromatic rings. The van der Waals surface area contributed by atoms with Crippen molar-refractivity contribution in [1.82, 2.24) is 9.78 Å². The average molecular weight is 270 g/mol. The first-order valence-electron chi connectivity index (χ1n) is 6.60. The normalized spacial score (nSPS) is 12.4. The maximum atomic E-state index is 11.1. The molecule has 0 aromatic carbocycles. The highest BCUT2D eigenvalue weighted by Crippen LogP contribution is 2.28. The molecular weight excluding hydrogens is 248 g/mol. The van der Waals surface area contributed by atoms with Crippen LogP contribution in [-0.2, 0) is 13.5 Å². The number of nitrogens with one attached hydrogen (secondary N) is 1. The Balaban J connectivity index is 2.88. The van der Waals surface area contributed by atoms with Crippen molar-refractivity contribution >= 4 is 11.5 Å². The number of nitro groups is 1. The van der Waals surface area contributed by atoms with Crippen molar-refractivity contribution in [3.8, 4) is 0 Å². The van der Waals surface area contributed by atoms with Crippen LogP contribution in [0.25, 0.3) is 0 Å². The third kappa shape index (κ3) is 3.66. The second-order valence-corrected chi connectivity index (χ2v) is 4.55. The first kappa shape index (κ1) is 15.4. The molecule has 1 atom stereocenters. The average Bonchev–Trinajstić information content (AvgIpc) is 2.71. The van der Waals surface area contributed by atoms with E-state index in [1.807, 2.05) is 13.8 Å². The summed E-state index contributed by atoms with van der Waals surface area (Å²) < 4.78 is 1.52. The monoisotopic (exact) mass is 270 g/mol. The van der Waals surface area contributed by atoms with Crippen LogP contribution in [0.5, 0.6) is 0 Å². The molecule has 1 rings (SSSR count). The van der Waals surface area contributed by atoms with Crippen LogP contribution >= 0.6 is 0 Å². The van der Waals surface area contributed by atoms with Crippen molar-refractivity contribution in [2.45, 2.75) is 33.1 Å². The van der Waals surface area contributed by atoms with Crippen molar-refractivity contribution in [1.29, 1.82) is 0 Å². The lowest BCUT2D eigenvalue weighted by Crippen LogP contribution is -2.17. The van der Waals surface area contributed by atoms with E-state index in [4.69, 9.17) is 5.11 Å². The fourth-order valence-electron chi connectivity index (χ4n) is 2.07. The van der Waals surface area contributed by atoms with Gasteiger partial charge in [0.15, 0.2) is 0 Å². The molecule has 0 aliphatic heterocycles. The highest BCUT2D eigenvalue weighted by molar-refractivity contribution is 5.59. The first-order chi connectivity index (χ1) is 9.04. The minimum atomic E-state index is -0.388. The van der Waals surface area contributed by atoms with Gasteiger partial charge in [0.25, 0.3) is 0 Å². The topological polar surface area (TPSA) is 93.2 Å². The summed E-state index contributed by atoms with van der Waals surface area (Å²) in [7, 11) is 1.70. The predicted molar refractivity (Wildman–Crippen MR) is 73.2 cm³/mol. The number of aliphatic hydroxyl groups excluding tert-OH is 1. The maximum Gasteiger partial charge on any atom is 0.333 e. The van der Waals surface area contributed by atoms with Gasteiger partial charge in [-0.3, -0.25) is 10.1 Å². The molecular formula is C12H22N4O3. The highest BCUT2D eigenvalue weighted by atomic mass is 16.6. The molecule has 0 saturated carbocycles. The van der Waals surface area contributed by atoms with E-state index in [1.54, 1.807) is 7.05 Å². The number of aromatic nitrogens is 2. The summed E-state index contributed by atoms with van der Waals surface area (Å²) >= 11 is 0. The van der Waals surface area contributed by atoms with E-state index in [0.717, 1.165) is 6.42 Å². The summed E-state index contributed by atoms with van der Waals surface area (Å²) in [5, 5.41) is 27.3. The van der Waals surface area contributed by atoms with Crippen molar-refractivity contribution < 1.29 is 10.0 Å². The van der Waals surface area contributed by atoms with Crippen LogP contribution < -0.4 is 5.32 Å². The number of anilines is 1. The van der Waals surface area contributed by atoms with Gasteiger partial charge in [-0.05, 0) is 18.8 Å². The van der Waals surface area contributed by atoms with Crippen molar-refractivity contribution in [3.05, 3.63) is 15.8 Å². The number of hydrogen-bond acceptors (Lipinski definition) is 5. The van der Waals surface area contributed by atoms with E-state index >= 15 is 0 Å². The quantitative estimate of drug-likeness (QED) is 0.554. The van der Waals surface area contributed by atoms with Crippen molar-refractivity contribution in [3.63, 3.8) is 0 Å². The van der Waals surface area contributed by atoms with Gasteiger partial charge >= 0.3 is 5.69 Å². The Bertz CT molecular complexity index is 431. The largest absolute Gasteiger partial charge is 0.396 e. The smallest absolute Gasteiger partial charge is 0.333 e. The van der Waals surface area contributed by atoms with Gasteiger partial charge in [-0.2, -0.15) is 5.10 Å². The molecule has 19 heavy (non-hydrogen) atoms. The van der Waals surface area contributed by atoms with Gasteiger partial charge in [-0.25, -0.2) is 4.68 Å². The second kappa shape index (κ2) is 7.08. The van der Waals surface area contributed by atoms with Gasteiger partial charge in [0.2, 0.25) is 5.82 Å². The van der Waals surface area contributed by atoms with Crippen LogP contribution in [0.1, 0.15) is 32.4 Å². The summed E-state index contributed by atoms with van der Waals surface area (Å²) in [4.78, 5) is 10.7. The molecule has 7 nitrogen and oxygen atoms in total. The molecule has 108 valence electrons. The molecule has 1 unspecified atom stereocenters. The van der Waals surface area contributed by atoms with Crippen molar-refractivity contribution in [2.75, 3.05) is 18.5 Å². The summed E-state index contributed by atoms with van der Waals surface area (Å²) in [5.74, 6) is 0.739. The minimum Gasteiger partial charge on any atom is -0.396 e. The fourth-order valence-corrected chi connectivity index (χ4v) is 2.07. The molecule has 0 aliphatic rings. The zero-order chi connectivity index (χ0) is 14.4. The van der Waals surface area contributed by atoms with Crippen LogP contribution in [0, 0.1) is 16.0 Å². The van der Waals surface area contributed by atoms with Crippen LogP contribution in [0.15, 0.2) is 0 Å². The molecule has 0 fully saturated rings. The molecule has 2 N–H and O–H groups in total. The Morgan fingerprint density at radius 1 is 1.53 bits per heavy atom. The second-order valence-electron chi connectivity index (χ2n) is 4.55. The van der Waals surface area contributed by atoms with Crippen LogP contribution in [0.4, 0.5) is 11.5 Å². The van der Waals surface area contributed by atoms with E-state index in [0.29, 0.717) is 36.8 Å². The van der Waals surface area contributed by atoms with Gasteiger partial charge < -0.3 is 10.4 Å². The van der Waals surface area contributed by atoms with E-state index in [-0.39, 0.29) is 17.2 Å².